The van der Waals surface area contributed by atoms with Gasteiger partial charge in [-0.25, -0.2) is 8.42 Å². The Morgan fingerprint density at radius 2 is 2.00 bits per heavy atom. The van der Waals surface area contributed by atoms with Crippen LogP contribution in [0.3, 0.4) is 0 Å². The monoisotopic (exact) mass is 314 g/mol. The molecular formula is C12H15ClN4O2S. The van der Waals surface area contributed by atoms with Crippen LogP contribution in [0.4, 0.5) is 11.5 Å². The molecule has 0 aliphatic heterocycles. The number of hydrogen-bond donors (Lipinski definition) is 2. The zero-order valence-corrected chi connectivity index (χ0v) is 12.9. The summed E-state index contributed by atoms with van der Waals surface area (Å²) in [6, 6.07) is 4.98. The van der Waals surface area contributed by atoms with Gasteiger partial charge in [0.2, 0.25) is 0 Å². The molecule has 0 bridgehead atoms. The number of nitrogens with two attached hydrogens (primary N) is 1. The predicted molar refractivity (Wildman–Crippen MR) is 79.4 cm³/mol. The maximum atomic E-state index is 12.4. The van der Waals surface area contributed by atoms with Crippen molar-refractivity contribution in [2.24, 2.45) is 7.05 Å². The summed E-state index contributed by atoms with van der Waals surface area (Å²) in [4.78, 5) is -0.0145. The van der Waals surface area contributed by atoms with Gasteiger partial charge in [-0.15, -0.1) is 0 Å². The number of sulfonamides is 1. The van der Waals surface area contributed by atoms with Crippen molar-refractivity contribution in [2.45, 2.75) is 18.7 Å². The highest BCUT2D eigenvalue weighted by Crippen LogP contribution is 2.27. The molecule has 0 atom stereocenters. The van der Waals surface area contributed by atoms with Gasteiger partial charge < -0.3 is 5.73 Å². The molecule has 108 valence electrons. The van der Waals surface area contributed by atoms with Crippen molar-refractivity contribution < 1.29 is 8.42 Å². The van der Waals surface area contributed by atoms with Gasteiger partial charge in [-0.3, -0.25) is 9.40 Å². The topological polar surface area (TPSA) is 90.0 Å². The molecule has 3 N–H and O–H groups in total. The Morgan fingerprint density at radius 3 is 2.55 bits per heavy atom. The molecule has 1 aromatic carbocycles. The average Bonchev–Trinajstić information content (AvgIpc) is 2.58. The third kappa shape index (κ3) is 2.59. The predicted octanol–water partition coefficient (Wildman–Crippen LogP) is 2.07. The molecule has 2 aromatic rings. The van der Waals surface area contributed by atoms with Gasteiger partial charge in [0.05, 0.1) is 11.4 Å². The number of halogens is 1. The zero-order valence-electron chi connectivity index (χ0n) is 11.3. The van der Waals surface area contributed by atoms with Crippen LogP contribution in [0.5, 0.6) is 0 Å². The van der Waals surface area contributed by atoms with Crippen molar-refractivity contribution in [3.63, 3.8) is 0 Å². The van der Waals surface area contributed by atoms with Gasteiger partial charge in [0.25, 0.3) is 10.0 Å². The highest BCUT2D eigenvalue weighted by atomic mass is 35.5. The molecule has 6 nitrogen and oxygen atoms in total. The summed E-state index contributed by atoms with van der Waals surface area (Å²) in [5.41, 5.74) is 7.32. The van der Waals surface area contributed by atoms with E-state index in [0.29, 0.717) is 16.4 Å². The number of nitrogens with zero attached hydrogens (tertiary/aromatic N) is 2. The number of nitrogens with one attached hydrogen (secondary N) is 1. The molecule has 0 spiro atoms. The first-order valence-corrected chi connectivity index (χ1v) is 7.66. The van der Waals surface area contributed by atoms with E-state index in [-0.39, 0.29) is 10.7 Å². The van der Waals surface area contributed by atoms with E-state index in [4.69, 9.17) is 17.3 Å². The van der Waals surface area contributed by atoms with Crippen LogP contribution < -0.4 is 10.5 Å². The number of rotatable bonds is 3. The van der Waals surface area contributed by atoms with E-state index in [0.717, 1.165) is 5.56 Å². The van der Waals surface area contributed by atoms with Crippen molar-refractivity contribution in [1.82, 2.24) is 9.78 Å². The Morgan fingerprint density at radius 1 is 1.35 bits per heavy atom. The maximum absolute atomic E-state index is 12.4. The Labute approximate surface area is 122 Å². The molecule has 20 heavy (non-hydrogen) atoms. The van der Waals surface area contributed by atoms with Crippen LogP contribution in [0.1, 0.15) is 11.3 Å². The molecule has 1 aromatic heterocycles. The van der Waals surface area contributed by atoms with Gasteiger partial charge in [0.15, 0.2) is 10.7 Å². The number of anilines is 2. The average molecular weight is 315 g/mol. The summed E-state index contributed by atoms with van der Waals surface area (Å²) in [6.07, 6.45) is 0. The Balaban J connectivity index is 2.49. The summed E-state index contributed by atoms with van der Waals surface area (Å²) >= 11 is 5.88. The van der Waals surface area contributed by atoms with E-state index in [1.807, 2.05) is 0 Å². The second-order valence-corrected chi connectivity index (χ2v) is 6.54. The second-order valence-electron chi connectivity index (χ2n) is 4.49. The standard InChI is InChI=1S/C12H15ClN4O2S/c1-7-4-5-9(13)6-10(7)16-20(18,19)11-8(2)17(3)15-12(11)14/h4-6,16H,1-3H3,(H2,14,15). The molecular weight excluding hydrogens is 300 g/mol. The van der Waals surface area contributed by atoms with Crippen LogP contribution in [0.2, 0.25) is 5.02 Å². The van der Waals surface area contributed by atoms with Crippen molar-refractivity contribution in [2.75, 3.05) is 10.5 Å². The lowest BCUT2D eigenvalue weighted by Gasteiger charge is -2.11. The fourth-order valence-electron chi connectivity index (χ4n) is 1.85. The number of aryl methyl sites for hydroxylation is 2. The van der Waals surface area contributed by atoms with Gasteiger partial charge in [-0.2, -0.15) is 5.10 Å². The van der Waals surface area contributed by atoms with E-state index >= 15 is 0 Å². The first kappa shape index (κ1) is 14.7. The third-order valence-electron chi connectivity index (χ3n) is 3.02. The molecule has 0 aliphatic rings. The number of benzene rings is 1. The summed E-state index contributed by atoms with van der Waals surface area (Å²) in [5.74, 6) is -0.0304. The van der Waals surface area contributed by atoms with Gasteiger partial charge in [0, 0.05) is 12.1 Å². The molecule has 0 saturated carbocycles. The van der Waals surface area contributed by atoms with Crippen LogP contribution >= 0.6 is 11.6 Å². The smallest absolute Gasteiger partial charge is 0.267 e. The van der Waals surface area contributed by atoms with E-state index in [9.17, 15) is 8.42 Å². The second kappa shape index (κ2) is 4.99. The van der Waals surface area contributed by atoms with Gasteiger partial charge >= 0.3 is 0 Å². The minimum Gasteiger partial charge on any atom is -0.381 e. The van der Waals surface area contributed by atoms with Crippen molar-refractivity contribution in [1.29, 1.82) is 0 Å². The molecule has 0 aliphatic carbocycles. The summed E-state index contributed by atoms with van der Waals surface area (Å²) in [7, 11) is -2.18. The first-order chi connectivity index (χ1) is 9.22. The van der Waals surface area contributed by atoms with Crippen molar-refractivity contribution in [3.8, 4) is 0 Å². The van der Waals surface area contributed by atoms with E-state index in [2.05, 4.69) is 9.82 Å². The first-order valence-electron chi connectivity index (χ1n) is 5.80. The zero-order chi connectivity index (χ0) is 15.1. The van der Waals surface area contributed by atoms with Gasteiger partial charge in [0.1, 0.15) is 0 Å². The van der Waals surface area contributed by atoms with Crippen molar-refractivity contribution in [3.05, 3.63) is 34.5 Å². The lowest BCUT2D eigenvalue weighted by molar-refractivity contribution is 0.600. The SMILES string of the molecule is Cc1ccc(Cl)cc1NS(=O)(=O)c1c(N)nn(C)c1C. The fraction of sp³-hybridized carbons (Fsp3) is 0.250. The van der Waals surface area contributed by atoms with Crippen LogP contribution in [0, 0.1) is 13.8 Å². The lowest BCUT2D eigenvalue weighted by atomic mass is 10.2. The summed E-state index contributed by atoms with van der Waals surface area (Å²) in [6.45, 7) is 3.43. The Kier molecular flexibility index (Phi) is 3.66. The Hall–Kier alpha value is -1.73. The number of hydrogen-bond acceptors (Lipinski definition) is 4. The molecule has 0 fully saturated rings. The fourth-order valence-corrected chi connectivity index (χ4v) is 3.47. The van der Waals surface area contributed by atoms with Gasteiger partial charge in [-0.1, -0.05) is 17.7 Å². The molecule has 0 radical (unpaired) electrons. The van der Waals surface area contributed by atoms with Crippen LogP contribution in [-0.4, -0.2) is 18.2 Å². The summed E-state index contributed by atoms with van der Waals surface area (Å²) in [5, 5.41) is 4.36. The number of aromatic nitrogens is 2. The molecule has 1 heterocycles. The minimum atomic E-state index is -3.81. The molecule has 0 amide bonds. The quantitative estimate of drug-likeness (QED) is 0.907. The van der Waals surface area contributed by atoms with E-state index in [1.54, 1.807) is 39.1 Å². The lowest BCUT2D eigenvalue weighted by Crippen LogP contribution is -2.16. The van der Waals surface area contributed by atoms with E-state index in [1.165, 1.54) is 4.68 Å². The highest BCUT2D eigenvalue weighted by Gasteiger charge is 2.25. The third-order valence-corrected chi connectivity index (χ3v) is 4.78. The molecule has 0 saturated heterocycles. The highest BCUT2D eigenvalue weighted by molar-refractivity contribution is 7.93. The van der Waals surface area contributed by atoms with E-state index < -0.39 is 10.0 Å². The van der Waals surface area contributed by atoms with Crippen molar-refractivity contribution >= 4 is 33.1 Å². The minimum absolute atomic E-state index is 0.0145. The van der Waals surface area contributed by atoms with Crippen LogP contribution in [0.25, 0.3) is 0 Å². The number of nitrogen functional groups attached to an aromatic ring is 1. The molecule has 8 heteroatoms. The maximum Gasteiger partial charge on any atom is 0.267 e. The normalized spacial score (nSPS) is 11.6. The molecule has 0 unspecified atom stereocenters. The molecule has 2 rings (SSSR count). The largest absolute Gasteiger partial charge is 0.381 e. The summed E-state index contributed by atoms with van der Waals surface area (Å²) < 4.78 is 28.8. The van der Waals surface area contributed by atoms with Gasteiger partial charge in [-0.05, 0) is 31.5 Å². The van der Waals surface area contributed by atoms with Crippen LogP contribution in [0.15, 0.2) is 23.1 Å². The Bertz CT molecular complexity index is 768. The van der Waals surface area contributed by atoms with Crippen LogP contribution in [-0.2, 0) is 17.1 Å².